The fourth-order valence-electron chi connectivity index (χ4n) is 1.55. The number of pyridine rings is 1. The maximum Gasteiger partial charge on any atom is 0.342 e. The van der Waals surface area contributed by atoms with Crippen molar-refractivity contribution in [2.75, 3.05) is 6.61 Å². The molecule has 82 valence electrons. The monoisotopic (exact) mass is 217 g/mol. The highest BCUT2D eigenvalue weighted by Gasteiger charge is 2.16. The van der Waals surface area contributed by atoms with Gasteiger partial charge in [-0.3, -0.25) is 4.98 Å². The van der Waals surface area contributed by atoms with Crippen molar-refractivity contribution in [3.63, 3.8) is 0 Å². The topological polar surface area (TPSA) is 59.4 Å². The van der Waals surface area contributed by atoms with Crippen LogP contribution in [0, 0.1) is 0 Å². The number of carbonyl (C=O) groups is 1. The Bertz CT molecular complexity index is 537. The first kappa shape index (κ1) is 10.4. The Kier molecular flexibility index (Phi) is 2.72. The van der Waals surface area contributed by atoms with Crippen LogP contribution in [0.1, 0.15) is 17.3 Å². The molecule has 0 radical (unpaired) electrons. The van der Waals surface area contributed by atoms with Crippen molar-refractivity contribution in [1.29, 1.82) is 0 Å². The second-order valence-corrected chi connectivity index (χ2v) is 3.26. The molecule has 16 heavy (non-hydrogen) atoms. The third-order valence-corrected chi connectivity index (χ3v) is 2.24. The van der Waals surface area contributed by atoms with E-state index in [1.54, 1.807) is 25.1 Å². The summed E-state index contributed by atoms with van der Waals surface area (Å²) in [6.07, 6.45) is 1.26. The molecule has 0 unspecified atom stereocenters. The van der Waals surface area contributed by atoms with Gasteiger partial charge in [-0.2, -0.15) is 0 Å². The number of aromatic nitrogens is 1. The molecule has 0 saturated heterocycles. The molecule has 0 amide bonds. The summed E-state index contributed by atoms with van der Waals surface area (Å²) in [7, 11) is 0. The van der Waals surface area contributed by atoms with E-state index < -0.39 is 5.97 Å². The summed E-state index contributed by atoms with van der Waals surface area (Å²) in [6.45, 7) is 1.99. The lowest BCUT2D eigenvalue weighted by atomic mass is 10.1. The zero-order valence-corrected chi connectivity index (χ0v) is 8.80. The van der Waals surface area contributed by atoms with Crippen LogP contribution in [0.4, 0.5) is 0 Å². The van der Waals surface area contributed by atoms with E-state index in [1.165, 1.54) is 6.20 Å². The predicted molar refractivity (Wildman–Crippen MR) is 59.4 cm³/mol. The Morgan fingerprint density at radius 3 is 2.94 bits per heavy atom. The molecule has 2 rings (SSSR count). The highest BCUT2D eigenvalue weighted by atomic mass is 16.5. The van der Waals surface area contributed by atoms with Crippen LogP contribution in [0.3, 0.4) is 0 Å². The minimum Gasteiger partial charge on any atom is -0.505 e. The number of hydrogen-bond donors (Lipinski definition) is 1. The number of para-hydroxylation sites is 1. The molecule has 0 spiro atoms. The van der Waals surface area contributed by atoms with Crippen molar-refractivity contribution in [3.8, 4) is 5.75 Å². The number of nitrogens with zero attached hydrogens (tertiary/aromatic N) is 1. The number of carbonyl (C=O) groups excluding carboxylic acids is 1. The number of aromatic hydroxyl groups is 1. The molecule has 0 bridgehead atoms. The maximum absolute atomic E-state index is 11.7. The molecule has 0 atom stereocenters. The van der Waals surface area contributed by atoms with Crippen molar-refractivity contribution in [2.24, 2.45) is 0 Å². The summed E-state index contributed by atoms with van der Waals surface area (Å²) in [5.41, 5.74) is 0.829. The molecule has 0 aliphatic rings. The van der Waals surface area contributed by atoms with Gasteiger partial charge in [0.15, 0.2) is 0 Å². The molecule has 1 heterocycles. The summed E-state index contributed by atoms with van der Waals surface area (Å²) in [5, 5.41) is 10.2. The van der Waals surface area contributed by atoms with Gasteiger partial charge >= 0.3 is 5.97 Å². The van der Waals surface area contributed by atoms with E-state index in [0.717, 1.165) is 0 Å². The van der Waals surface area contributed by atoms with E-state index >= 15 is 0 Å². The Morgan fingerprint density at radius 1 is 1.44 bits per heavy atom. The number of rotatable bonds is 2. The fraction of sp³-hybridized carbons (Fsp3) is 0.167. The number of fused-ring (bicyclic) bond motifs is 1. The first-order chi connectivity index (χ1) is 7.74. The minimum absolute atomic E-state index is 0.155. The van der Waals surface area contributed by atoms with Crippen LogP contribution in [0.5, 0.6) is 5.75 Å². The molecule has 1 aromatic heterocycles. The molecular weight excluding hydrogens is 206 g/mol. The first-order valence-corrected chi connectivity index (χ1v) is 4.98. The van der Waals surface area contributed by atoms with Crippen LogP contribution in [0.2, 0.25) is 0 Å². The van der Waals surface area contributed by atoms with E-state index in [-0.39, 0.29) is 17.9 Å². The molecule has 1 aromatic carbocycles. The van der Waals surface area contributed by atoms with Gasteiger partial charge in [-0.05, 0) is 13.0 Å². The van der Waals surface area contributed by atoms with E-state index in [1.807, 2.05) is 6.07 Å². The van der Waals surface area contributed by atoms with Crippen molar-refractivity contribution in [3.05, 3.63) is 36.0 Å². The SMILES string of the molecule is CCOC(=O)c1c(O)cnc2ccccc12. The lowest BCUT2D eigenvalue weighted by Crippen LogP contribution is -2.06. The molecule has 4 heteroatoms. The molecule has 0 fully saturated rings. The Balaban J connectivity index is 2.66. The molecule has 2 aromatic rings. The second kappa shape index (κ2) is 4.18. The smallest absolute Gasteiger partial charge is 0.342 e. The third kappa shape index (κ3) is 1.69. The lowest BCUT2D eigenvalue weighted by molar-refractivity contribution is 0.0525. The van der Waals surface area contributed by atoms with Crippen LogP contribution in [-0.4, -0.2) is 22.7 Å². The van der Waals surface area contributed by atoms with Gasteiger partial charge in [0.2, 0.25) is 0 Å². The summed E-state index contributed by atoms with van der Waals surface area (Å²) in [6, 6.07) is 7.11. The fourth-order valence-corrected chi connectivity index (χ4v) is 1.55. The van der Waals surface area contributed by atoms with E-state index in [2.05, 4.69) is 4.98 Å². The van der Waals surface area contributed by atoms with Crippen LogP contribution < -0.4 is 0 Å². The molecule has 0 aliphatic heterocycles. The number of esters is 1. The van der Waals surface area contributed by atoms with Gasteiger partial charge in [-0.15, -0.1) is 0 Å². The average molecular weight is 217 g/mol. The van der Waals surface area contributed by atoms with Gasteiger partial charge < -0.3 is 9.84 Å². The zero-order valence-electron chi connectivity index (χ0n) is 8.80. The van der Waals surface area contributed by atoms with Crippen LogP contribution in [-0.2, 0) is 4.74 Å². The van der Waals surface area contributed by atoms with Crippen LogP contribution >= 0.6 is 0 Å². The third-order valence-electron chi connectivity index (χ3n) is 2.24. The standard InChI is InChI=1S/C12H11NO3/c1-2-16-12(15)11-8-5-3-4-6-9(8)13-7-10(11)14/h3-7,14H,2H2,1H3. The van der Waals surface area contributed by atoms with Crippen molar-refractivity contribution in [1.82, 2.24) is 4.98 Å². The molecule has 0 aliphatic carbocycles. The van der Waals surface area contributed by atoms with Gasteiger partial charge in [0.1, 0.15) is 11.3 Å². The summed E-state index contributed by atoms with van der Waals surface area (Å²) in [4.78, 5) is 15.7. The van der Waals surface area contributed by atoms with E-state index in [4.69, 9.17) is 4.74 Å². The quantitative estimate of drug-likeness (QED) is 0.783. The van der Waals surface area contributed by atoms with Crippen molar-refractivity contribution in [2.45, 2.75) is 6.92 Å². The van der Waals surface area contributed by atoms with Crippen LogP contribution in [0.15, 0.2) is 30.5 Å². The van der Waals surface area contributed by atoms with Gasteiger partial charge in [0, 0.05) is 5.39 Å². The zero-order chi connectivity index (χ0) is 11.5. The highest BCUT2D eigenvalue weighted by molar-refractivity contribution is 6.05. The normalized spacial score (nSPS) is 10.3. The van der Waals surface area contributed by atoms with Gasteiger partial charge in [-0.25, -0.2) is 4.79 Å². The Labute approximate surface area is 92.5 Å². The van der Waals surface area contributed by atoms with Gasteiger partial charge in [0.05, 0.1) is 18.3 Å². The summed E-state index contributed by atoms with van der Waals surface area (Å²) >= 11 is 0. The van der Waals surface area contributed by atoms with E-state index in [9.17, 15) is 9.90 Å². The van der Waals surface area contributed by atoms with Crippen molar-refractivity contribution < 1.29 is 14.6 Å². The predicted octanol–water partition coefficient (Wildman–Crippen LogP) is 2.12. The summed E-state index contributed by atoms with van der Waals surface area (Å²) in [5.74, 6) is -0.684. The number of hydrogen-bond acceptors (Lipinski definition) is 4. The summed E-state index contributed by atoms with van der Waals surface area (Å²) < 4.78 is 4.89. The van der Waals surface area contributed by atoms with E-state index in [0.29, 0.717) is 10.9 Å². The maximum atomic E-state index is 11.7. The second-order valence-electron chi connectivity index (χ2n) is 3.26. The molecule has 1 N–H and O–H groups in total. The Morgan fingerprint density at radius 2 is 2.19 bits per heavy atom. The Hall–Kier alpha value is -2.10. The minimum atomic E-state index is -0.529. The van der Waals surface area contributed by atoms with Gasteiger partial charge in [0.25, 0.3) is 0 Å². The molecule has 0 saturated carbocycles. The number of benzene rings is 1. The lowest BCUT2D eigenvalue weighted by Gasteiger charge is -2.07. The van der Waals surface area contributed by atoms with Crippen molar-refractivity contribution >= 4 is 16.9 Å². The average Bonchev–Trinajstić information content (AvgIpc) is 2.29. The molecular formula is C12H11NO3. The van der Waals surface area contributed by atoms with Gasteiger partial charge in [-0.1, -0.05) is 18.2 Å². The largest absolute Gasteiger partial charge is 0.505 e. The first-order valence-electron chi connectivity index (χ1n) is 4.98. The van der Waals surface area contributed by atoms with Crippen LogP contribution in [0.25, 0.3) is 10.9 Å². The number of ether oxygens (including phenoxy) is 1. The molecule has 4 nitrogen and oxygen atoms in total. The highest BCUT2D eigenvalue weighted by Crippen LogP contribution is 2.25.